The number of aromatic amines is 1. The third-order valence-electron chi connectivity index (χ3n) is 2.99. The quantitative estimate of drug-likeness (QED) is 0.897. The Morgan fingerprint density at radius 3 is 2.65 bits per heavy atom. The van der Waals surface area contributed by atoms with Crippen LogP contribution in [0.25, 0.3) is 0 Å². The Bertz CT molecular complexity index is 772. The lowest BCUT2D eigenvalue weighted by molar-refractivity contribution is 0.600. The van der Waals surface area contributed by atoms with Gasteiger partial charge in [-0.15, -0.1) is 0 Å². The number of aromatic nitrogens is 2. The zero-order valence-electron chi connectivity index (χ0n) is 11.1. The van der Waals surface area contributed by atoms with Crippen LogP contribution in [0.4, 0.5) is 5.82 Å². The minimum Gasteiger partial charge on any atom is -0.280 e. The summed E-state index contributed by atoms with van der Waals surface area (Å²) >= 11 is 0. The van der Waals surface area contributed by atoms with Crippen LogP contribution in [-0.2, 0) is 15.8 Å². The first-order chi connectivity index (χ1) is 9.43. The van der Waals surface area contributed by atoms with Crippen molar-refractivity contribution >= 4 is 15.8 Å². The molecule has 0 saturated heterocycles. The summed E-state index contributed by atoms with van der Waals surface area (Å²) in [6.45, 7) is 3.59. The molecule has 0 spiro atoms. The van der Waals surface area contributed by atoms with Crippen molar-refractivity contribution in [2.24, 2.45) is 0 Å². The van der Waals surface area contributed by atoms with E-state index in [1.807, 2.05) is 13.0 Å². The van der Waals surface area contributed by atoms with E-state index in [1.165, 1.54) is 0 Å². The van der Waals surface area contributed by atoms with Gasteiger partial charge in [-0.2, -0.15) is 10.4 Å². The van der Waals surface area contributed by atoms with Crippen LogP contribution in [-0.4, -0.2) is 18.6 Å². The number of aryl methyl sites for hydroxylation is 1. The zero-order valence-corrected chi connectivity index (χ0v) is 12.0. The van der Waals surface area contributed by atoms with E-state index in [1.54, 1.807) is 31.2 Å². The predicted molar refractivity (Wildman–Crippen MR) is 75.5 cm³/mol. The Balaban J connectivity index is 2.24. The smallest absolute Gasteiger partial charge is 0.238 e. The van der Waals surface area contributed by atoms with Crippen LogP contribution < -0.4 is 4.72 Å². The monoisotopic (exact) mass is 290 g/mol. The highest BCUT2D eigenvalue weighted by Crippen LogP contribution is 2.18. The molecule has 0 unspecified atom stereocenters. The first-order valence-corrected chi connectivity index (χ1v) is 7.58. The van der Waals surface area contributed by atoms with Crippen molar-refractivity contribution in [3.05, 3.63) is 46.6 Å². The fourth-order valence-electron chi connectivity index (χ4n) is 1.73. The zero-order chi connectivity index (χ0) is 14.8. The first-order valence-electron chi connectivity index (χ1n) is 5.93. The Hall–Kier alpha value is -2.33. The fraction of sp³-hybridized carbons (Fsp3) is 0.231. The molecule has 20 heavy (non-hydrogen) atoms. The van der Waals surface area contributed by atoms with Crippen LogP contribution in [0.1, 0.15) is 22.4 Å². The lowest BCUT2D eigenvalue weighted by Crippen LogP contribution is -2.16. The van der Waals surface area contributed by atoms with Gasteiger partial charge in [0.15, 0.2) is 5.82 Å². The fourth-order valence-corrected chi connectivity index (χ4v) is 2.95. The number of nitriles is 1. The molecule has 104 valence electrons. The van der Waals surface area contributed by atoms with E-state index in [4.69, 9.17) is 5.26 Å². The molecule has 2 N–H and O–H groups in total. The number of sulfonamides is 1. The van der Waals surface area contributed by atoms with Gasteiger partial charge in [0.1, 0.15) is 0 Å². The molecule has 0 amide bonds. The maximum absolute atomic E-state index is 12.1. The highest BCUT2D eigenvalue weighted by Gasteiger charge is 2.17. The Kier molecular flexibility index (Phi) is 3.77. The second kappa shape index (κ2) is 5.35. The van der Waals surface area contributed by atoms with Crippen LogP contribution in [0.15, 0.2) is 24.3 Å². The summed E-state index contributed by atoms with van der Waals surface area (Å²) in [6, 6.07) is 8.60. The molecule has 0 fully saturated rings. The van der Waals surface area contributed by atoms with Crippen LogP contribution in [0.3, 0.4) is 0 Å². The maximum Gasteiger partial charge on any atom is 0.238 e. The van der Waals surface area contributed by atoms with Gasteiger partial charge in [0.25, 0.3) is 0 Å². The number of nitrogens with one attached hydrogen (secondary N) is 2. The summed E-state index contributed by atoms with van der Waals surface area (Å²) < 4.78 is 26.7. The Labute approximate surface area is 117 Å². The number of H-pyrrole nitrogens is 1. The van der Waals surface area contributed by atoms with Gasteiger partial charge in [0, 0.05) is 11.3 Å². The molecule has 0 aliphatic carbocycles. The number of hydrogen-bond acceptors (Lipinski definition) is 4. The minimum absolute atomic E-state index is 0.262. The van der Waals surface area contributed by atoms with E-state index >= 15 is 0 Å². The van der Waals surface area contributed by atoms with E-state index in [0.717, 1.165) is 11.3 Å². The molecular weight excluding hydrogens is 276 g/mol. The molecule has 0 saturated carbocycles. The number of hydrogen-bond donors (Lipinski definition) is 2. The van der Waals surface area contributed by atoms with Gasteiger partial charge in [-0.1, -0.05) is 18.2 Å². The molecule has 1 heterocycles. The van der Waals surface area contributed by atoms with E-state index in [-0.39, 0.29) is 11.6 Å². The average Bonchev–Trinajstić information content (AvgIpc) is 2.70. The molecule has 6 nitrogen and oxygen atoms in total. The molecule has 2 rings (SSSR count). The van der Waals surface area contributed by atoms with Gasteiger partial charge in [-0.25, -0.2) is 8.42 Å². The molecule has 1 aromatic carbocycles. The van der Waals surface area contributed by atoms with Gasteiger partial charge in [0.05, 0.1) is 17.4 Å². The number of nitrogens with zero attached hydrogens (tertiary/aromatic N) is 2. The summed E-state index contributed by atoms with van der Waals surface area (Å²) in [6.07, 6.45) is 0. The van der Waals surface area contributed by atoms with Crippen molar-refractivity contribution in [1.82, 2.24) is 10.2 Å². The second-order valence-electron chi connectivity index (χ2n) is 4.45. The van der Waals surface area contributed by atoms with Gasteiger partial charge in [-0.05, 0) is 25.5 Å². The normalized spacial score (nSPS) is 11.1. The number of rotatable bonds is 4. The van der Waals surface area contributed by atoms with Crippen molar-refractivity contribution < 1.29 is 8.42 Å². The topological polar surface area (TPSA) is 98.6 Å². The van der Waals surface area contributed by atoms with Crippen LogP contribution in [0, 0.1) is 25.2 Å². The van der Waals surface area contributed by atoms with Crippen molar-refractivity contribution in [3.63, 3.8) is 0 Å². The molecule has 0 aliphatic heterocycles. The first kappa shape index (κ1) is 14.1. The van der Waals surface area contributed by atoms with Gasteiger partial charge in [-0.3, -0.25) is 9.82 Å². The van der Waals surface area contributed by atoms with Gasteiger partial charge in [0.2, 0.25) is 10.0 Å². The molecule has 0 aliphatic rings. The lowest BCUT2D eigenvalue weighted by Gasteiger charge is -2.07. The Morgan fingerprint density at radius 2 is 2.05 bits per heavy atom. The molecule has 0 bridgehead atoms. The van der Waals surface area contributed by atoms with Crippen LogP contribution in [0.2, 0.25) is 0 Å². The third kappa shape index (κ3) is 2.97. The van der Waals surface area contributed by atoms with Crippen LogP contribution in [0.5, 0.6) is 0 Å². The predicted octanol–water partition coefficient (Wildman–Crippen LogP) is 1.84. The van der Waals surface area contributed by atoms with Crippen LogP contribution >= 0.6 is 0 Å². The van der Waals surface area contributed by atoms with Gasteiger partial charge < -0.3 is 0 Å². The number of anilines is 1. The van der Waals surface area contributed by atoms with Crippen molar-refractivity contribution in [2.75, 3.05) is 4.72 Å². The van der Waals surface area contributed by atoms with Crippen molar-refractivity contribution in [1.29, 1.82) is 5.26 Å². The van der Waals surface area contributed by atoms with Crippen molar-refractivity contribution in [3.8, 4) is 6.07 Å². The summed E-state index contributed by atoms with van der Waals surface area (Å²) in [5.41, 5.74) is 2.38. The van der Waals surface area contributed by atoms with Crippen molar-refractivity contribution in [2.45, 2.75) is 19.6 Å². The highest BCUT2D eigenvalue weighted by molar-refractivity contribution is 7.91. The average molecular weight is 290 g/mol. The maximum atomic E-state index is 12.1. The summed E-state index contributed by atoms with van der Waals surface area (Å²) in [5.74, 6) is 0.0270. The Morgan fingerprint density at radius 1 is 1.35 bits per heavy atom. The number of benzene rings is 1. The third-order valence-corrected chi connectivity index (χ3v) is 4.18. The highest BCUT2D eigenvalue weighted by atomic mass is 32.2. The molecular formula is C13H14N4O2S. The summed E-state index contributed by atoms with van der Waals surface area (Å²) in [7, 11) is -3.61. The van der Waals surface area contributed by atoms with E-state index in [0.29, 0.717) is 11.1 Å². The molecule has 7 heteroatoms. The van der Waals surface area contributed by atoms with Gasteiger partial charge >= 0.3 is 0 Å². The SMILES string of the molecule is Cc1[nH]nc(NS(=O)(=O)Cc2ccccc2C#N)c1C. The minimum atomic E-state index is -3.61. The summed E-state index contributed by atoms with van der Waals surface area (Å²) in [5, 5.41) is 15.6. The summed E-state index contributed by atoms with van der Waals surface area (Å²) in [4.78, 5) is 0. The largest absolute Gasteiger partial charge is 0.280 e. The van der Waals surface area contributed by atoms with E-state index in [9.17, 15) is 8.42 Å². The second-order valence-corrected chi connectivity index (χ2v) is 6.17. The standard InChI is InChI=1S/C13H14N4O2S/c1-9-10(2)15-16-13(9)17-20(18,19)8-12-6-4-3-5-11(12)7-14/h3-6H,8H2,1-2H3,(H2,15,16,17). The molecule has 0 atom stereocenters. The molecule has 0 radical (unpaired) electrons. The molecule has 1 aromatic heterocycles. The lowest BCUT2D eigenvalue weighted by atomic mass is 10.1. The van der Waals surface area contributed by atoms with E-state index < -0.39 is 10.0 Å². The molecule has 2 aromatic rings. The van der Waals surface area contributed by atoms with E-state index in [2.05, 4.69) is 14.9 Å².